The second-order valence-corrected chi connectivity index (χ2v) is 3.12. The first-order valence-electron chi connectivity index (χ1n) is 4.67. The molecule has 0 radical (unpaired) electrons. The molecule has 1 heterocycles. The second kappa shape index (κ2) is 4.44. The third kappa shape index (κ3) is 2.36. The fourth-order valence-corrected chi connectivity index (χ4v) is 1.19. The number of oxazole rings is 1. The normalized spacial score (nSPS) is 10.8. The number of nitrogens with zero attached hydrogens (tertiary/aromatic N) is 1. The van der Waals surface area contributed by atoms with E-state index in [9.17, 15) is 4.79 Å². The van der Waals surface area contributed by atoms with Crippen LogP contribution in [0, 0.1) is 0 Å². The minimum absolute atomic E-state index is 0.0901. The lowest BCUT2D eigenvalue weighted by Gasteiger charge is -1.88. The van der Waals surface area contributed by atoms with E-state index in [0.29, 0.717) is 0 Å². The summed E-state index contributed by atoms with van der Waals surface area (Å²) < 4.78 is 4.97. The van der Waals surface area contributed by atoms with Crippen LogP contribution in [0.4, 0.5) is 0 Å². The van der Waals surface area contributed by atoms with Gasteiger partial charge in [0.1, 0.15) is 6.26 Å². The zero-order chi connectivity index (χ0) is 11.4. The molecule has 0 saturated carbocycles. The molecule has 0 bridgehead atoms. The Morgan fingerprint density at radius 3 is 2.62 bits per heavy atom. The summed E-state index contributed by atoms with van der Waals surface area (Å²) in [5, 5.41) is 8.64. The predicted molar refractivity (Wildman–Crippen MR) is 58.8 cm³/mol. The predicted octanol–water partition coefficient (Wildman–Crippen LogP) is 2.54. The minimum Gasteiger partial charge on any atom is -0.476 e. The third-order valence-electron chi connectivity index (χ3n) is 1.96. The Labute approximate surface area is 91.9 Å². The number of rotatable bonds is 3. The Hall–Kier alpha value is -2.36. The molecule has 0 unspecified atom stereocenters. The molecule has 1 aromatic carbocycles. The van der Waals surface area contributed by atoms with Gasteiger partial charge < -0.3 is 9.52 Å². The fraction of sp³-hybridized carbons (Fsp3) is 0. The van der Waals surface area contributed by atoms with Gasteiger partial charge in [-0.1, -0.05) is 30.3 Å². The Morgan fingerprint density at radius 2 is 2.00 bits per heavy atom. The van der Waals surface area contributed by atoms with Crippen molar-refractivity contribution in [1.29, 1.82) is 0 Å². The van der Waals surface area contributed by atoms with E-state index >= 15 is 0 Å². The molecular formula is C12H9NO3. The van der Waals surface area contributed by atoms with Gasteiger partial charge in [0.05, 0.1) is 0 Å². The van der Waals surface area contributed by atoms with Crippen molar-refractivity contribution >= 4 is 18.1 Å². The quantitative estimate of drug-likeness (QED) is 0.854. The van der Waals surface area contributed by atoms with Crippen LogP contribution in [0.15, 0.2) is 41.0 Å². The molecule has 0 saturated heterocycles. The van der Waals surface area contributed by atoms with Crippen molar-refractivity contribution in [3.8, 4) is 0 Å². The lowest BCUT2D eigenvalue weighted by molar-refractivity contribution is 0.0690. The van der Waals surface area contributed by atoms with E-state index < -0.39 is 5.97 Å². The van der Waals surface area contributed by atoms with Gasteiger partial charge in [0.15, 0.2) is 5.69 Å². The average molecular weight is 215 g/mol. The lowest BCUT2D eigenvalue weighted by atomic mass is 10.2. The van der Waals surface area contributed by atoms with Gasteiger partial charge in [-0.2, -0.15) is 0 Å². The Kier molecular flexibility index (Phi) is 2.82. The average Bonchev–Trinajstić information content (AvgIpc) is 2.76. The molecule has 1 N–H and O–H groups in total. The van der Waals surface area contributed by atoms with Crippen LogP contribution in [0.2, 0.25) is 0 Å². The van der Waals surface area contributed by atoms with E-state index in [4.69, 9.17) is 9.52 Å². The van der Waals surface area contributed by atoms with Crippen LogP contribution in [-0.2, 0) is 0 Å². The van der Waals surface area contributed by atoms with Crippen molar-refractivity contribution in [3.63, 3.8) is 0 Å². The second-order valence-electron chi connectivity index (χ2n) is 3.12. The Bertz CT molecular complexity index is 514. The highest BCUT2D eigenvalue weighted by Crippen LogP contribution is 2.08. The van der Waals surface area contributed by atoms with Gasteiger partial charge in [-0.25, -0.2) is 9.78 Å². The molecule has 4 nitrogen and oxygen atoms in total. The fourth-order valence-electron chi connectivity index (χ4n) is 1.19. The van der Waals surface area contributed by atoms with E-state index in [1.807, 2.05) is 30.3 Å². The highest BCUT2D eigenvalue weighted by atomic mass is 16.4. The van der Waals surface area contributed by atoms with Crippen LogP contribution in [-0.4, -0.2) is 16.1 Å². The monoisotopic (exact) mass is 215 g/mol. The SMILES string of the molecule is O=C(O)c1coc(/C=C/c2ccccc2)n1. The zero-order valence-electron chi connectivity index (χ0n) is 8.33. The van der Waals surface area contributed by atoms with Crippen LogP contribution in [0.5, 0.6) is 0 Å². The van der Waals surface area contributed by atoms with Crippen molar-refractivity contribution in [2.75, 3.05) is 0 Å². The number of hydrogen-bond donors (Lipinski definition) is 1. The zero-order valence-corrected chi connectivity index (χ0v) is 8.33. The minimum atomic E-state index is -1.09. The van der Waals surface area contributed by atoms with Crippen LogP contribution in [0.25, 0.3) is 12.2 Å². The maximum Gasteiger partial charge on any atom is 0.357 e. The van der Waals surface area contributed by atoms with Gasteiger partial charge in [-0.15, -0.1) is 0 Å². The summed E-state index contributed by atoms with van der Waals surface area (Å²) in [6, 6.07) is 9.61. The molecule has 16 heavy (non-hydrogen) atoms. The molecule has 4 heteroatoms. The van der Waals surface area contributed by atoms with Gasteiger partial charge in [0, 0.05) is 6.08 Å². The first-order valence-corrected chi connectivity index (χ1v) is 4.67. The highest BCUT2D eigenvalue weighted by Gasteiger charge is 2.07. The van der Waals surface area contributed by atoms with Crippen molar-refractivity contribution < 1.29 is 14.3 Å². The number of carboxylic acids is 1. The molecule has 0 atom stereocenters. The summed E-state index contributed by atoms with van der Waals surface area (Å²) in [7, 11) is 0. The highest BCUT2D eigenvalue weighted by molar-refractivity contribution is 5.85. The van der Waals surface area contributed by atoms with Crippen LogP contribution in [0.1, 0.15) is 21.9 Å². The Balaban J connectivity index is 2.15. The summed E-state index contributed by atoms with van der Waals surface area (Å²) in [5.74, 6) is -0.815. The number of carbonyl (C=O) groups is 1. The van der Waals surface area contributed by atoms with Crippen LogP contribution in [0.3, 0.4) is 0 Å². The van der Waals surface area contributed by atoms with Crippen molar-refractivity contribution in [1.82, 2.24) is 4.98 Å². The standard InChI is InChI=1S/C12H9NO3/c14-12(15)10-8-16-11(13-10)7-6-9-4-2-1-3-5-9/h1-8H,(H,14,15)/b7-6+. The smallest absolute Gasteiger partial charge is 0.357 e. The summed E-state index contributed by atoms with van der Waals surface area (Å²) >= 11 is 0. The number of hydrogen-bond acceptors (Lipinski definition) is 3. The van der Waals surface area contributed by atoms with Crippen molar-refractivity contribution in [2.24, 2.45) is 0 Å². The molecule has 0 aliphatic carbocycles. The summed E-state index contributed by atoms with van der Waals surface area (Å²) in [4.78, 5) is 14.3. The van der Waals surface area contributed by atoms with Crippen LogP contribution < -0.4 is 0 Å². The summed E-state index contributed by atoms with van der Waals surface area (Å²) in [6.45, 7) is 0. The lowest BCUT2D eigenvalue weighted by Crippen LogP contribution is -1.95. The van der Waals surface area contributed by atoms with E-state index in [-0.39, 0.29) is 11.6 Å². The van der Waals surface area contributed by atoms with Gasteiger partial charge in [-0.3, -0.25) is 0 Å². The largest absolute Gasteiger partial charge is 0.476 e. The van der Waals surface area contributed by atoms with E-state index in [2.05, 4.69) is 4.98 Å². The third-order valence-corrected chi connectivity index (χ3v) is 1.96. The van der Waals surface area contributed by atoms with Gasteiger partial charge in [0.25, 0.3) is 0 Å². The maximum atomic E-state index is 10.5. The van der Waals surface area contributed by atoms with E-state index in [0.717, 1.165) is 11.8 Å². The molecule has 0 spiro atoms. The maximum absolute atomic E-state index is 10.5. The topological polar surface area (TPSA) is 63.3 Å². The first kappa shape index (κ1) is 10.2. The molecule has 80 valence electrons. The van der Waals surface area contributed by atoms with Crippen molar-refractivity contribution in [3.05, 3.63) is 53.7 Å². The van der Waals surface area contributed by atoms with Crippen LogP contribution >= 0.6 is 0 Å². The number of benzene rings is 1. The molecule has 0 fully saturated rings. The molecular weight excluding hydrogens is 206 g/mol. The summed E-state index contributed by atoms with van der Waals surface area (Å²) in [5.41, 5.74) is 0.908. The number of aromatic carboxylic acids is 1. The van der Waals surface area contributed by atoms with Gasteiger partial charge in [0.2, 0.25) is 5.89 Å². The van der Waals surface area contributed by atoms with Crippen molar-refractivity contribution in [2.45, 2.75) is 0 Å². The van der Waals surface area contributed by atoms with E-state index in [1.54, 1.807) is 12.2 Å². The van der Waals surface area contributed by atoms with E-state index in [1.165, 1.54) is 0 Å². The molecule has 2 aromatic rings. The molecule has 0 aliphatic heterocycles. The molecule has 0 amide bonds. The molecule has 2 rings (SSSR count). The number of aromatic nitrogens is 1. The van der Waals surface area contributed by atoms with Gasteiger partial charge in [-0.05, 0) is 11.6 Å². The number of carboxylic acid groups (broad SMARTS) is 1. The Morgan fingerprint density at radius 1 is 1.25 bits per heavy atom. The first-order chi connectivity index (χ1) is 7.75. The molecule has 1 aromatic heterocycles. The van der Waals surface area contributed by atoms with Gasteiger partial charge >= 0.3 is 5.97 Å². The summed E-state index contributed by atoms with van der Waals surface area (Å²) in [6.07, 6.45) is 4.55. The molecule has 0 aliphatic rings.